The monoisotopic (exact) mass is 444 g/mol. The fourth-order valence-electron chi connectivity index (χ4n) is 2.78. The average Bonchev–Trinajstić information content (AvgIpc) is 2.64. The van der Waals surface area contributed by atoms with Crippen molar-refractivity contribution in [1.29, 1.82) is 0 Å². The summed E-state index contributed by atoms with van der Waals surface area (Å²) in [6, 6.07) is 10.3. The summed E-state index contributed by atoms with van der Waals surface area (Å²) >= 11 is 3.36. The molecule has 0 unspecified atom stereocenters. The minimum absolute atomic E-state index is 0.317. The number of carbonyl (C=O) groups is 3. The molecule has 28 heavy (non-hydrogen) atoms. The van der Waals surface area contributed by atoms with Crippen LogP contribution in [0.1, 0.15) is 28.4 Å². The number of hydrogen-bond donors (Lipinski definition) is 2. The van der Waals surface area contributed by atoms with E-state index >= 15 is 0 Å². The van der Waals surface area contributed by atoms with E-state index in [1.807, 2.05) is 6.07 Å². The Labute approximate surface area is 169 Å². The molecule has 1 aliphatic rings. The molecular formula is C20H17BrN2O5. The molecule has 0 bridgehead atoms. The van der Waals surface area contributed by atoms with Crippen molar-refractivity contribution in [2.75, 3.05) is 7.11 Å². The standard InChI is InChI=1S/C20H17BrN2O5/c1-11(24)28-18-7-12(3-6-17(18)27-2)9-22-10-16-15-8-13(21)4-5-14(15)19(25)23-20(16)26/h3-8,10,22H,9H2,1-2H3,(H,23,25,26)/b16-10-. The number of ether oxygens (including phenoxy) is 2. The van der Waals surface area contributed by atoms with Crippen LogP contribution in [0.25, 0.3) is 5.57 Å². The minimum atomic E-state index is -0.474. The van der Waals surface area contributed by atoms with E-state index < -0.39 is 17.8 Å². The second kappa shape index (κ2) is 8.26. The van der Waals surface area contributed by atoms with Crippen LogP contribution in [-0.4, -0.2) is 24.9 Å². The van der Waals surface area contributed by atoms with Gasteiger partial charge < -0.3 is 14.8 Å². The molecule has 0 radical (unpaired) electrons. The van der Waals surface area contributed by atoms with Crippen LogP contribution < -0.4 is 20.1 Å². The van der Waals surface area contributed by atoms with Gasteiger partial charge in [0.05, 0.1) is 12.7 Å². The van der Waals surface area contributed by atoms with Gasteiger partial charge in [0, 0.05) is 35.3 Å². The zero-order valence-corrected chi connectivity index (χ0v) is 16.8. The first-order valence-electron chi connectivity index (χ1n) is 8.33. The van der Waals surface area contributed by atoms with Crippen LogP contribution in [0.2, 0.25) is 0 Å². The number of benzene rings is 2. The quantitative estimate of drug-likeness (QED) is 0.318. The number of imide groups is 1. The molecule has 144 valence electrons. The van der Waals surface area contributed by atoms with Gasteiger partial charge in [-0.2, -0.15) is 0 Å². The third-order valence-corrected chi connectivity index (χ3v) is 4.52. The van der Waals surface area contributed by atoms with Gasteiger partial charge in [0.1, 0.15) is 0 Å². The normalized spacial score (nSPS) is 14.3. The van der Waals surface area contributed by atoms with Crippen molar-refractivity contribution in [3.8, 4) is 11.5 Å². The second-order valence-corrected chi connectivity index (χ2v) is 6.91. The van der Waals surface area contributed by atoms with Gasteiger partial charge in [0.25, 0.3) is 11.8 Å². The van der Waals surface area contributed by atoms with Gasteiger partial charge in [-0.05, 0) is 35.9 Å². The molecule has 0 fully saturated rings. The summed E-state index contributed by atoms with van der Waals surface area (Å²) in [6.45, 7) is 1.68. The number of nitrogens with one attached hydrogen (secondary N) is 2. The molecule has 0 atom stereocenters. The van der Waals surface area contributed by atoms with Crippen molar-refractivity contribution in [2.45, 2.75) is 13.5 Å². The lowest BCUT2D eigenvalue weighted by atomic mass is 9.95. The molecule has 7 nitrogen and oxygen atoms in total. The van der Waals surface area contributed by atoms with Crippen molar-refractivity contribution < 1.29 is 23.9 Å². The Bertz CT molecular complexity index is 1000. The molecule has 0 aromatic heterocycles. The highest BCUT2D eigenvalue weighted by Gasteiger charge is 2.27. The van der Waals surface area contributed by atoms with E-state index in [0.717, 1.165) is 10.0 Å². The highest BCUT2D eigenvalue weighted by atomic mass is 79.9. The number of esters is 1. The predicted octanol–water partition coefficient (Wildman–Crippen LogP) is 2.78. The smallest absolute Gasteiger partial charge is 0.308 e. The van der Waals surface area contributed by atoms with Gasteiger partial charge in [-0.15, -0.1) is 0 Å². The van der Waals surface area contributed by atoms with Crippen molar-refractivity contribution >= 4 is 39.3 Å². The molecule has 3 rings (SSSR count). The summed E-state index contributed by atoms with van der Waals surface area (Å²) in [5, 5.41) is 5.39. The van der Waals surface area contributed by atoms with E-state index in [2.05, 4.69) is 26.6 Å². The zero-order valence-electron chi connectivity index (χ0n) is 15.2. The Morgan fingerprint density at radius 3 is 2.61 bits per heavy atom. The number of hydrogen-bond acceptors (Lipinski definition) is 6. The molecule has 2 aromatic rings. The third kappa shape index (κ3) is 4.23. The van der Waals surface area contributed by atoms with Gasteiger partial charge in [-0.25, -0.2) is 0 Å². The SMILES string of the molecule is COc1ccc(CN/C=C2\C(=O)NC(=O)c3ccc(Br)cc32)cc1OC(C)=O. The second-order valence-electron chi connectivity index (χ2n) is 5.99. The van der Waals surface area contributed by atoms with Gasteiger partial charge in [-0.1, -0.05) is 22.0 Å². The average molecular weight is 445 g/mol. The lowest BCUT2D eigenvalue weighted by Gasteiger charge is -2.18. The largest absolute Gasteiger partial charge is 0.493 e. The van der Waals surface area contributed by atoms with Gasteiger partial charge in [0.15, 0.2) is 11.5 Å². The molecule has 0 saturated heterocycles. The number of methoxy groups -OCH3 is 1. The molecule has 0 saturated carbocycles. The lowest BCUT2D eigenvalue weighted by Crippen LogP contribution is -2.37. The van der Waals surface area contributed by atoms with Crippen LogP contribution in [0.4, 0.5) is 0 Å². The van der Waals surface area contributed by atoms with E-state index in [1.54, 1.807) is 36.5 Å². The molecule has 2 aromatic carbocycles. The van der Waals surface area contributed by atoms with E-state index in [9.17, 15) is 14.4 Å². The molecule has 0 spiro atoms. The first-order valence-corrected chi connectivity index (χ1v) is 9.13. The van der Waals surface area contributed by atoms with Crippen LogP contribution in [0, 0.1) is 0 Å². The minimum Gasteiger partial charge on any atom is -0.493 e. The Kier molecular flexibility index (Phi) is 5.79. The summed E-state index contributed by atoms with van der Waals surface area (Å²) < 4.78 is 11.1. The van der Waals surface area contributed by atoms with Crippen LogP contribution in [0.5, 0.6) is 11.5 Å². The van der Waals surface area contributed by atoms with Crippen LogP contribution >= 0.6 is 15.9 Å². The van der Waals surface area contributed by atoms with Crippen LogP contribution in [-0.2, 0) is 16.1 Å². The molecule has 0 aliphatic carbocycles. The maximum atomic E-state index is 12.3. The number of amides is 2. The highest BCUT2D eigenvalue weighted by Crippen LogP contribution is 2.29. The Balaban J connectivity index is 1.82. The number of halogens is 1. The Morgan fingerprint density at radius 1 is 1.11 bits per heavy atom. The third-order valence-electron chi connectivity index (χ3n) is 4.02. The first kappa shape index (κ1) is 19.6. The lowest BCUT2D eigenvalue weighted by molar-refractivity contribution is -0.132. The highest BCUT2D eigenvalue weighted by molar-refractivity contribution is 9.10. The Hall–Kier alpha value is -3.13. The molecular weight excluding hydrogens is 428 g/mol. The van der Waals surface area contributed by atoms with Crippen molar-refractivity contribution in [3.63, 3.8) is 0 Å². The summed E-state index contributed by atoms with van der Waals surface area (Å²) in [5.41, 5.74) is 2.14. The Morgan fingerprint density at radius 2 is 1.89 bits per heavy atom. The molecule has 1 heterocycles. The van der Waals surface area contributed by atoms with Crippen molar-refractivity contribution in [2.24, 2.45) is 0 Å². The van der Waals surface area contributed by atoms with Crippen LogP contribution in [0.15, 0.2) is 47.1 Å². The van der Waals surface area contributed by atoms with E-state index in [-0.39, 0.29) is 0 Å². The van der Waals surface area contributed by atoms with Gasteiger partial charge in [0.2, 0.25) is 0 Å². The molecule has 2 amide bonds. The summed E-state index contributed by atoms with van der Waals surface area (Å²) in [6.07, 6.45) is 1.56. The predicted molar refractivity (Wildman–Crippen MR) is 106 cm³/mol. The van der Waals surface area contributed by atoms with Crippen molar-refractivity contribution in [1.82, 2.24) is 10.6 Å². The number of rotatable bonds is 5. The molecule has 1 aliphatic heterocycles. The topological polar surface area (TPSA) is 93.7 Å². The maximum Gasteiger partial charge on any atom is 0.308 e. The van der Waals surface area contributed by atoms with E-state index in [1.165, 1.54) is 14.0 Å². The number of fused-ring (bicyclic) bond motifs is 1. The van der Waals surface area contributed by atoms with Gasteiger partial charge in [-0.3, -0.25) is 19.7 Å². The summed E-state index contributed by atoms with van der Waals surface area (Å²) in [5.74, 6) is -0.584. The number of carbonyl (C=O) groups excluding carboxylic acids is 3. The van der Waals surface area contributed by atoms with E-state index in [0.29, 0.717) is 34.7 Å². The molecule has 2 N–H and O–H groups in total. The summed E-state index contributed by atoms with van der Waals surface area (Å²) in [7, 11) is 1.49. The fraction of sp³-hybridized carbons (Fsp3) is 0.150. The molecule has 8 heteroatoms. The van der Waals surface area contributed by atoms with Gasteiger partial charge >= 0.3 is 5.97 Å². The van der Waals surface area contributed by atoms with E-state index in [4.69, 9.17) is 9.47 Å². The van der Waals surface area contributed by atoms with Crippen LogP contribution in [0.3, 0.4) is 0 Å². The van der Waals surface area contributed by atoms with Crippen molar-refractivity contribution in [3.05, 3.63) is 63.8 Å². The maximum absolute atomic E-state index is 12.3. The zero-order chi connectivity index (χ0) is 20.3. The first-order chi connectivity index (χ1) is 13.4. The summed E-state index contributed by atoms with van der Waals surface area (Å²) in [4.78, 5) is 35.5. The fourth-order valence-corrected chi connectivity index (χ4v) is 3.14.